The molecule has 32 heavy (non-hydrogen) atoms. The van der Waals surface area contributed by atoms with Crippen LogP contribution < -0.4 is 10.6 Å². The summed E-state index contributed by atoms with van der Waals surface area (Å²) in [5.74, 6) is -2.21. The second-order valence-corrected chi connectivity index (χ2v) is 11.8. The van der Waals surface area contributed by atoms with E-state index in [4.69, 9.17) is 4.74 Å². The summed E-state index contributed by atoms with van der Waals surface area (Å²) < 4.78 is 6.45. The molecule has 3 rings (SSSR count). The third-order valence-electron chi connectivity index (χ3n) is 7.17. The van der Waals surface area contributed by atoms with E-state index in [1.807, 2.05) is 41.5 Å². The molecule has 3 saturated heterocycles. The van der Waals surface area contributed by atoms with Crippen LogP contribution in [0.4, 0.5) is 0 Å². The lowest BCUT2D eigenvalue weighted by atomic mass is 9.70. The number of rotatable bonds is 8. The number of likely N-dealkylation sites (tertiary alicyclic amines) is 1. The molecule has 3 aliphatic rings. The molecule has 3 N–H and O–H groups in total. The summed E-state index contributed by atoms with van der Waals surface area (Å²) in [5.41, 5.74) is -1.60. The standard InChI is InChI=1S/C23H38BrN3O5/c1-7-9-25-19(29)15-16-21(31)27(14(11-28)12(3)8-2)18(20(30)26-22(4,5)6)23(16)10-13(24)17(15)32-23/h12-18,28H,7-11H2,1-6H3,(H,25,29)(H,26,30)/t12-,13?,14-,15-,16-,17-,18?,23?/m0/s1. The van der Waals surface area contributed by atoms with Gasteiger partial charge in [-0.1, -0.05) is 43.1 Å². The van der Waals surface area contributed by atoms with E-state index < -0.39 is 41.2 Å². The van der Waals surface area contributed by atoms with Gasteiger partial charge in [-0.05, 0) is 39.5 Å². The Morgan fingerprint density at radius 1 is 1.31 bits per heavy atom. The van der Waals surface area contributed by atoms with Gasteiger partial charge in [0, 0.05) is 16.9 Å². The number of carbonyl (C=O) groups is 3. The minimum atomic E-state index is -1.10. The molecule has 0 aromatic heterocycles. The first-order valence-corrected chi connectivity index (χ1v) is 12.7. The normalized spacial score (nSPS) is 35.6. The predicted octanol–water partition coefficient (Wildman–Crippen LogP) is 1.58. The highest BCUT2D eigenvalue weighted by molar-refractivity contribution is 9.09. The minimum Gasteiger partial charge on any atom is -0.394 e. The molecule has 3 unspecified atom stereocenters. The van der Waals surface area contributed by atoms with E-state index in [0.717, 1.165) is 12.8 Å². The van der Waals surface area contributed by atoms with Gasteiger partial charge in [0.05, 0.1) is 30.6 Å². The Bertz CT molecular complexity index is 756. The molecule has 3 amide bonds. The van der Waals surface area contributed by atoms with E-state index in [0.29, 0.717) is 13.0 Å². The number of hydrogen-bond donors (Lipinski definition) is 3. The molecule has 8 nitrogen and oxygen atoms in total. The van der Waals surface area contributed by atoms with Crippen LogP contribution in [-0.2, 0) is 19.1 Å². The Morgan fingerprint density at radius 3 is 2.50 bits per heavy atom. The Balaban J connectivity index is 2.09. The monoisotopic (exact) mass is 515 g/mol. The van der Waals surface area contributed by atoms with E-state index in [1.165, 1.54) is 0 Å². The van der Waals surface area contributed by atoms with E-state index in [9.17, 15) is 19.5 Å². The molecule has 0 aliphatic carbocycles. The van der Waals surface area contributed by atoms with Crippen molar-refractivity contribution in [1.29, 1.82) is 0 Å². The van der Waals surface area contributed by atoms with Crippen LogP contribution in [0.25, 0.3) is 0 Å². The quantitative estimate of drug-likeness (QED) is 0.425. The average molecular weight is 516 g/mol. The van der Waals surface area contributed by atoms with E-state index >= 15 is 0 Å². The van der Waals surface area contributed by atoms with Crippen molar-refractivity contribution in [1.82, 2.24) is 15.5 Å². The lowest BCUT2D eigenvalue weighted by Crippen LogP contribution is -2.61. The van der Waals surface area contributed by atoms with E-state index in [2.05, 4.69) is 26.6 Å². The van der Waals surface area contributed by atoms with E-state index in [1.54, 1.807) is 4.90 Å². The summed E-state index contributed by atoms with van der Waals surface area (Å²) in [4.78, 5) is 42.1. The van der Waals surface area contributed by atoms with Crippen molar-refractivity contribution < 1.29 is 24.2 Å². The summed E-state index contributed by atoms with van der Waals surface area (Å²) in [7, 11) is 0. The van der Waals surface area contributed by atoms with Crippen LogP contribution in [0.5, 0.6) is 0 Å². The van der Waals surface area contributed by atoms with Gasteiger partial charge in [-0.25, -0.2) is 0 Å². The molecular weight excluding hydrogens is 478 g/mol. The van der Waals surface area contributed by atoms with Gasteiger partial charge in [0.2, 0.25) is 17.7 Å². The second-order valence-electron chi connectivity index (χ2n) is 10.6. The number of carbonyl (C=O) groups excluding carboxylic acids is 3. The van der Waals surface area contributed by atoms with Gasteiger partial charge in [0.15, 0.2) is 0 Å². The maximum atomic E-state index is 13.9. The number of halogens is 1. The second kappa shape index (κ2) is 9.22. The summed E-state index contributed by atoms with van der Waals surface area (Å²) in [5, 5.41) is 16.2. The molecule has 1 spiro atoms. The molecule has 182 valence electrons. The van der Waals surface area contributed by atoms with Gasteiger partial charge in [0.1, 0.15) is 11.6 Å². The number of alkyl halides is 1. The Hall–Kier alpha value is -1.19. The fraction of sp³-hybridized carbons (Fsp3) is 0.870. The highest BCUT2D eigenvalue weighted by Gasteiger charge is 2.77. The zero-order chi connectivity index (χ0) is 24.0. The van der Waals surface area contributed by atoms with Crippen LogP contribution in [0.15, 0.2) is 0 Å². The highest BCUT2D eigenvalue weighted by Crippen LogP contribution is 2.60. The van der Waals surface area contributed by atoms with Crippen molar-refractivity contribution in [3.05, 3.63) is 0 Å². The van der Waals surface area contributed by atoms with Crippen LogP contribution in [0, 0.1) is 17.8 Å². The van der Waals surface area contributed by atoms with E-state index in [-0.39, 0.29) is 35.1 Å². The molecule has 0 aromatic carbocycles. The topological polar surface area (TPSA) is 108 Å². The van der Waals surface area contributed by atoms with Crippen molar-refractivity contribution in [2.75, 3.05) is 13.2 Å². The Labute approximate surface area is 199 Å². The van der Waals surface area contributed by atoms with Crippen LogP contribution in [0.2, 0.25) is 0 Å². The number of nitrogens with one attached hydrogen (secondary N) is 2. The third-order valence-corrected chi connectivity index (χ3v) is 8.02. The highest BCUT2D eigenvalue weighted by atomic mass is 79.9. The van der Waals surface area contributed by atoms with Gasteiger partial charge in [0.25, 0.3) is 0 Å². The largest absolute Gasteiger partial charge is 0.394 e. The fourth-order valence-electron chi connectivity index (χ4n) is 5.64. The van der Waals surface area contributed by atoms with Gasteiger partial charge in [-0.15, -0.1) is 0 Å². The van der Waals surface area contributed by atoms with Crippen LogP contribution in [0.1, 0.15) is 60.8 Å². The number of fused-ring (bicyclic) bond motifs is 1. The van der Waals surface area contributed by atoms with Crippen molar-refractivity contribution in [2.24, 2.45) is 17.8 Å². The summed E-state index contributed by atoms with van der Waals surface area (Å²) in [6.07, 6.45) is 1.52. The average Bonchev–Trinajstić information content (AvgIpc) is 3.29. The van der Waals surface area contributed by atoms with Crippen molar-refractivity contribution in [3.8, 4) is 0 Å². The van der Waals surface area contributed by atoms with Crippen LogP contribution >= 0.6 is 15.9 Å². The van der Waals surface area contributed by atoms with Crippen LogP contribution in [-0.4, -0.2) is 75.0 Å². The van der Waals surface area contributed by atoms with Crippen molar-refractivity contribution in [3.63, 3.8) is 0 Å². The number of aliphatic hydroxyl groups excluding tert-OH is 1. The number of hydrogen-bond acceptors (Lipinski definition) is 5. The Kier molecular flexibility index (Phi) is 7.33. The molecule has 0 saturated carbocycles. The van der Waals surface area contributed by atoms with Crippen molar-refractivity contribution >= 4 is 33.7 Å². The minimum absolute atomic E-state index is 0.0200. The number of ether oxygens (including phenoxy) is 1. The number of aliphatic hydroxyl groups is 1. The lowest BCUT2D eigenvalue weighted by molar-refractivity contribution is -0.147. The zero-order valence-corrected chi connectivity index (χ0v) is 21.6. The number of amides is 3. The molecular formula is C23H38BrN3O5. The lowest BCUT2D eigenvalue weighted by Gasteiger charge is -2.40. The van der Waals surface area contributed by atoms with Gasteiger partial charge < -0.3 is 25.4 Å². The third kappa shape index (κ3) is 4.09. The van der Waals surface area contributed by atoms with Gasteiger partial charge in [-0.3, -0.25) is 14.4 Å². The molecule has 3 aliphatic heterocycles. The maximum Gasteiger partial charge on any atom is 0.246 e. The molecule has 0 radical (unpaired) electrons. The molecule has 2 bridgehead atoms. The molecule has 3 fully saturated rings. The smallest absolute Gasteiger partial charge is 0.246 e. The first-order chi connectivity index (χ1) is 14.9. The zero-order valence-electron chi connectivity index (χ0n) is 20.0. The van der Waals surface area contributed by atoms with Crippen LogP contribution in [0.3, 0.4) is 0 Å². The van der Waals surface area contributed by atoms with Crippen molar-refractivity contribution in [2.45, 2.75) is 95.0 Å². The summed E-state index contributed by atoms with van der Waals surface area (Å²) in [6, 6.07) is -1.43. The van der Waals surface area contributed by atoms with Gasteiger partial charge >= 0.3 is 0 Å². The van der Waals surface area contributed by atoms with Gasteiger partial charge in [-0.2, -0.15) is 0 Å². The number of nitrogens with zero attached hydrogens (tertiary/aromatic N) is 1. The summed E-state index contributed by atoms with van der Waals surface area (Å²) in [6.45, 7) is 11.9. The SMILES string of the molecule is CCCNC(=O)[C@H]1[C@H]2C(=O)N([C@@H](CO)[C@@H](C)CC)C(C(=O)NC(C)(C)C)C23CC(Br)[C@@H]1O3. The first kappa shape index (κ1) is 25.4. The first-order valence-electron chi connectivity index (χ1n) is 11.8. The predicted molar refractivity (Wildman–Crippen MR) is 124 cm³/mol. The molecule has 8 atom stereocenters. The summed E-state index contributed by atoms with van der Waals surface area (Å²) >= 11 is 3.66. The fourth-order valence-corrected chi connectivity index (χ4v) is 6.59. The molecule has 0 aromatic rings. The molecule has 3 heterocycles. The Morgan fingerprint density at radius 2 is 1.97 bits per heavy atom. The molecule has 9 heteroatoms. The maximum absolute atomic E-state index is 13.9.